The second-order valence-corrected chi connectivity index (χ2v) is 6.44. The molecule has 0 aromatic rings. The number of rotatable bonds is 3. The molecule has 0 aliphatic heterocycles. The molecule has 0 rings (SSSR count). The van der Waals surface area contributed by atoms with Gasteiger partial charge in [0.1, 0.15) is 0 Å². The summed E-state index contributed by atoms with van der Waals surface area (Å²) in [6.45, 7) is 0. The van der Waals surface area contributed by atoms with Crippen molar-refractivity contribution >= 4 is 39.1 Å². The number of hydrogen-bond acceptors (Lipinski definition) is 4. The van der Waals surface area contributed by atoms with Crippen LogP contribution >= 0.6 is 0 Å². The molecular formula is C5H3F12LiO6S2. The molecule has 0 bridgehead atoms. The third-order valence-electron chi connectivity index (χ3n) is 1.73. The second-order valence-electron chi connectivity index (χ2n) is 3.56. The van der Waals surface area contributed by atoms with Crippen molar-refractivity contribution < 1.29 is 78.6 Å². The van der Waals surface area contributed by atoms with Gasteiger partial charge in [-0.25, -0.2) is 0 Å². The van der Waals surface area contributed by atoms with Crippen LogP contribution in [0.15, 0.2) is 0 Å². The van der Waals surface area contributed by atoms with Gasteiger partial charge < -0.3 is 0 Å². The minimum absolute atomic E-state index is 0. The van der Waals surface area contributed by atoms with Crippen molar-refractivity contribution in [1.82, 2.24) is 0 Å². The SMILES string of the molecule is O=S(=O)(O)C(F)(F)C(F)(F)C(F)(F)C(F)(F)F.O=S(=O)(O)C(F)(F)F.[LiH]. The first kappa shape index (κ1) is 30.3. The Morgan fingerprint density at radius 3 is 0.885 bits per heavy atom. The van der Waals surface area contributed by atoms with Crippen molar-refractivity contribution in [1.29, 1.82) is 0 Å². The zero-order valence-electron chi connectivity index (χ0n) is 10.4. The first-order valence-electron chi connectivity index (χ1n) is 4.46. The van der Waals surface area contributed by atoms with Crippen molar-refractivity contribution in [2.75, 3.05) is 0 Å². The molecule has 0 aliphatic carbocycles. The van der Waals surface area contributed by atoms with E-state index in [9.17, 15) is 61.1 Å². The van der Waals surface area contributed by atoms with Gasteiger partial charge in [-0.05, 0) is 0 Å². The van der Waals surface area contributed by atoms with Gasteiger partial charge in [-0.2, -0.15) is 69.5 Å². The molecule has 156 valence electrons. The maximum absolute atomic E-state index is 12.2. The minimum atomic E-state index is -7.37. The standard InChI is InChI=1S/C4HF9O3S.CHF3O3S.Li.H/c5-1(6,3(9,10)11)2(7,8)4(12,13)17(14,15)16;2-1(3,4)8(5,6)7;;/h(H,14,15,16);(H,5,6,7);;. The van der Waals surface area contributed by atoms with Crippen molar-refractivity contribution in [3.8, 4) is 0 Å². The Labute approximate surface area is 147 Å². The van der Waals surface area contributed by atoms with Gasteiger partial charge in [0.15, 0.2) is 0 Å². The average Bonchev–Trinajstić information content (AvgIpc) is 2.23. The fourth-order valence-corrected chi connectivity index (χ4v) is 0.975. The molecule has 0 heterocycles. The first-order valence-corrected chi connectivity index (χ1v) is 7.34. The van der Waals surface area contributed by atoms with Crippen molar-refractivity contribution in [2.24, 2.45) is 0 Å². The van der Waals surface area contributed by atoms with Crippen LogP contribution in [0.3, 0.4) is 0 Å². The van der Waals surface area contributed by atoms with E-state index in [1.807, 2.05) is 0 Å². The Hall–Kier alpha value is -0.423. The van der Waals surface area contributed by atoms with Crippen LogP contribution in [0.2, 0.25) is 0 Å². The molecule has 0 aromatic carbocycles. The van der Waals surface area contributed by atoms with E-state index in [-0.39, 0.29) is 18.9 Å². The number of hydrogen-bond donors (Lipinski definition) is 2. The summed E-state index contributed by atoms with van der Waals surface area (Å²) < 4.78 is 191. The van der Waals surface area contributed by atoms with E-state index in [0.29, 0.717) is 0 Å². The van der Waals surface area contributed by atoms with E-state index in [1.54, 1.807) is 0 Å². The van der Waals surface area contributed by atoms with Gasteiger partial charge in [0.2, 0.25) is 0 Å². The third-order valence-corrected chi connectivity index (χ3v) is 3.22. The van der Waals surface area contributed by atoms with Crippen LogP contribution in [0.1, 0.15) is 0 Å². The normalized spacial score (nSPS) is 14.8. The number of halogens is 12. The van der Waals surface area contributed by atoms with Gasteiger partial charge in [-0.15, -0.1) is 0 Å². The molecule has 0 saturated carbocycles. The molecular weight excluding hydrogens is 455 g/mol. The summed E-state index contributed by atoms with van der Waals surface area (Å²) >= 11 is 0. The summed E-state index contributed by atoms with van der Waals surface area (Å²) in [5.74, 6) is -14.7. The zero-order chi connectivity index (χ0) is 21.5. The molecule has 6 nitrogen and oxygen atoms in total. The van der Waals surface area contributed by atoms with Crippen molar-refractivity contribution in [3.05, 3.63) is 0 Å². The van der Waals surface area contributed by atoms with Gasteiger partial charge in [-0.3, -0.25) is 9.11 Å². The third kappa shape index (κ3) is 6.05. The summed E-state index contributed by atoms with van der Waals surface area (Å²) in [5, 5.41) is -7.00. The van der Waals surface area contributed by atoms with Crippen LogP contribution in [-0.2, 0) is 20.2 Å². The fraction of sp³-hybridized carbons (Fsp3) is 1.00. The van der Waals surface area contributed by atoms with Crippen LogP contribution in [0.25, 0.3) is 0 Å². The Bertz CT molecular complexity index is 676. The Balaban J connectivity index is -0.000000498. The molecule has 0 unspecified atom stereocenters. The van der Waals surface area contributed by atoms with Crippen molar-refractivity contribution in [2.45, 2.75) is 28.8 Å². The molecule has 26 heavy (non-hydrogen) atoms. The van der Waals surface area contributed by atoms with E-state index in [0.717, 1.165) is 0 Å². The molecule has 0 spiro atoms. The molecule has 0 atom stereocenters. The monoisotopic (exact) mass is 458 g/mol. The van der Waals surface area contributed by atoms with Crippen LogP contribution in [0, 0.1) is 0 Å². The van der Waals surface area contributed by atoms with Crippen LogP contribution in [0.4, 0.5) is 52.7 Å². The second kappa shape index (κ2) is 7.90. The van der Waals surface area contributed by atoms with E-state index in [1.165, 1.54) is 0 Å². The van der Waals surface area contributed by atoms with E-state index < -0.39 is 49.0 Å². The fourth-order valence-electron chi connectivity index (χ4n) is 0.523. The molecule has 0 aliphatic rings. The Morgan fingerprint density at radius 1 is 0.538 bits per heavy atom. The maximum atomic E-state index is 12.2. The van der Waals surface area contributed by atoms with E-state index in [2.05, 4.69) is 0 Å². The van der Waals surface area contributed by atoms with Crippen LogP contribution < -0.4 is 0 Å². The molecule has 0 radical (unpaired) electrons. The van der Waals surface area contributed by atoms with Crippen molar-refractivity contribution in [3.63, 3.8) is 0 Å². The summed E-state index contributed by atoms with van der Waals surface area (Å²) in [4.78, 5) is 0. The number of alkyl halides is 12. The molecule has 2 N–H and O–H groups in total. The Morgan fingerprint density at radius 2 is 0.769 bits per heavy atom. The molecule has 0 aromatic heterocycles. The molecule has 0 fully saturated rings. The van der Waals surface area contributed by atoms with Gasteiger partial charge in [0.05, 0.1) is 0 Å². The van der Waals surface area contributed by atoms with Crippen LogP contribution in [-0.4, -0.2) is 73.6 Å². The predicted octanol–water partition coefficient (Wildman–Crippen LogP) is 2.05. The average molecular weight is 458 g/mol. The predicted molar refractivity (Wildman–Crippen MR) is 57.2 cm³/mol. The zero-order valence-corrected chi connectivity index (χ0v) is 12.0. The van der Waals surface area contributed by atoms with Gasteiger partial charge >= 0.3 is 67.9 Å². The summed E-state index contributed by atoms with van der Waals surface area (Å²) in [6.07, 6.45) is -7.13. The van der Waals surface area contributed by atoms with Gasteiger partial charge in [0.25, 0.3) is 0 Å². The summed E-state index contributed by atoms with van der Waals surface area (Å²) in [5.41, 5.74) is -5.53. The van der Waals surface area contributed by atoms with E-state index >= 15 is 0 Å². The van der Waals surface area contributed by atoms with Crippen LogP contribution in [0.5, 0.6) is 0 Å². The topological polar surface area (TPSA) is 109 Å². The molecule has 0 saturated heterocycles. The first-order chi connectivity index (χ1) is 10.2. The molecule has 0 amide bonds. The Kier molecular flexibility index (Phi) is 9.21. The van der Waals surface area contributed by atoms with Gasteiger partial charge in [-0.1, -0.05) is 0 Å². The van der Waals surface area contributed by atoms with Gasteiger partial charge in [0, 0.05) is 0 Å². The van der Waals surface area contributed by atoms with E-state index in [4.69, 9.17) is 17.5 Å². The summed E-state index contributed by atoms with van der Waals surface area (Å²) in [7, 11) is -13.0. The quantitative estimate of drug-likeness (QED) is 0.290. The summed E-state index contributed by atoms with van der Waals surface area (Å²) in [6, 6.07) is 0. The molecule has 21 heteroatoms.